The van der Waals surface area contributed by atoms with Crippen LogP contribution in [-0.4, -0.2) is 27.8 Å². The van der Waals surface area contributed by atoms with Crippen molar-refractivity contribution in [1.29, 1.82) is 0 Å². The predicted octanol–water partition coefficient (Wildman–Crippen LogP) is 2.79. The first-order valence-corrected chi connectivity index (χ1v) is 7.03. The summed E-state index contributed by atoms with van der Waals surface area (Å²) in [6.07, 6.45) is 0.534. The van der Waals surface area contributed by atoms with Crippen molar-refractivity contribution in [3.8, 4) is 17.1 Å². The predicted molar refractivity (Wildman–Crippen MR) is 82.1 cm³/mol. The van der Waals surface area contributed by atoms with Crippen LogP contribution in [0.5, 0.6) is 5.75 Å². The number of carboxylic acid groups (broad SMARTS) is 1. The molecule has 0 saturated heterocycles. The molecule has 0 fully saturated rings. The summed E-state index contributed by atoms with van der Waals surface area (Å²) in [4.78, 5) is 15.0. The summed E-state index contributed by atoms with van der Waals surface area (Å²) in [5.41, 5.74) is 1.66. The third-order valence-electron chi connectivity index (χ3n) is 3.15. The van der Waals surface area contributed by atoms with E-state index in [1.54, 1.807) is 24.3 Å². The van der Waals surface area contributed by atoms with E-state index >= 15 is 0 Å². The topological polar surface area (TPSA) is 85.5 Å². The number of hydrogen-bond acceptors (Lipinski definition) is 5. The first-order chi connectivity index (χ1) is 11.2. The lowest BCUT2D eigenvalue weighted by molar-refractivity contribution is -0.139. The van der Waals surface area contributed by atoms with Gasteiger partial charge in [-0.05, 0) is 17.7 Å². The zero-order valence-corrected chi connectivity index (χ0v) is 12.2. The van der Waals surface area contributed by atoms with Gasteiger partial charge in [-0.2, -0.15) is 4.98 Å². The fourth-order valence-corrected chi connectivity index (χ4v) is 2.12. The van der Waals surface area contributed by atoms with E-state index < -0.39 is 12.6 Å². The second-order valence-electron chi connectivity index (χ2n) is 4.85. The van der Waals surface area contributed by atoms with Crippen molar-refractivity contribution in [2.24, 2.45) is 0 Å². The lowest BCUT2D eigenvalue weighted by Gasteiger charge is -2.06. The summed E-state index contributed by atoms with van der Waals surface area (Å²) in [6, 6.07) is 16.8. The van der Waals surface area contributed by atoms with Crippen molar-refractivity contribution in [2.75, 3.05) is 6.61 Å². The van der Waals surface area contributed by atoms with Gasteiger partial charge in [-0.3, -0.25) is 0 Å². The van der Waals surface area contributed by atoms with Gasteiger partial charge in [0.05, 0.1) is 12.0 Å². The Hall–Kier alpha value is -3.15. The number of para-hydroxylation sites is 1. The van der Waals surface area contributed by atoms with Crippen LogP contribution in [0.25, 0.3) is 11.4 Å². The average Bonchev–Trinajstić information content (AvgIpc) is 3.02. The quantitative estimate of drug-likeness (QED) is 0.753. The molecule has 0 aliphatic heterocycles. The lowest BCUT2D eigenvalue weighted by atomic mass is 10.1. The maximum absolute atomic E-state index is 10.7. The largest absolute Gasteiger partial charge is 0.481 e. The van der Waals surface area contributed by atoms with Gasteiger partial charge < -0.3 is 14.4 Å². The fourth-order valence-electron chi connectivity index (χ4n) is 2.12. The summed E-state index contributed by atoms with van der Waals surface area (Å²) >= 11 is 0. The average molecular weight is 310 g/mol. The molecule has 2 aromatic carbocycles. The van der Waals surface area contributed by atoms with E-state index in [1.165, 1.54) is 0 Å². The zero-order valence-electron chi connectivity index (χ0n) is 12.2. The Morgan fingerprint density at radius 2 is 1.83 bits per heavy atom. The number of benzene rings is 2. The normalized spacial score (nSPS) is 10.4. The van der Waals surface area contributed by atoms with Crippen LogP contribution in [0.2, 0.25) is 0 Å². The summed E-state index contributed by atoms with van der Waals surface area (Å²) in [5, 5.41) is 12.7. The second-order valence-corrected chi connectivity index (χ2v) is 4.85. The molecular formula is C17H14N2O4. The summed E-state index contributed by atoms with van der Waals surface area (Å²) < 4.78 is 10.5. The minimum Gasteiger partial charge on any atom is -0.481 e. The standard InChI is InChI=1S/C17H14N2O4/c20-16(21)11-22-14-9-5-4-8-13(14)17-18-15(23-19-17)10-12-6-2-1-3-7-12/h1-9H,10-11H2,(H,20,21). The van der Waals surface area contributed by atoms with Crippen LogP contribution in [0.4, 0.5) is 0 Å². The third-order valence-corrected chi connectivity index (χ3v) is 3.15. The van der Waals surface area contributed by atoms with Crippen LogP contribution in [0.1, 0.15) is 11.5 Å². The van der Waals surface area contributed by atoms with Crippen molar-refractivity contribution in [1.82, 2.24) is 10.1 Å². The molecular weight excluding hydrogens is 296 g/mol. The molecule has 6 heteroatoms. The molecule has 116 valence electrons. The smallest absolute Gasteiger partial charge is 0.341 e. The minimum atomic E-state index is -1.04. The Morgan fingerprint density at radius 3 is 2.61 bits per heavy atom. The van der Waals surface area contributed by atoms with E-state index in [9.17, 15) is 4.79 Å². The monoisotopic (exact) mass is 310 g/mol. The highest BCUT2D eigenvalue weighted by Gasteiger charge is 2.14. The number of aliphatic carboxylic acids is 1. The summed E-state index contributed by atoms with van der Waals surface area (Å²) in [6.45, 7) is -0.425. The van der Waals surface area contributed by atoms with Crippen molar-refractivity contribution < 1.29 is 19.2 Å². The van der Waals surface area contributed by atoms with Crippen LogP contribution < -0.4 is 4.74 Å². The molecule has 3 aromatic rings. The van der Waals surface area contributed by atoms with Gasteiger partial charge in [-0.1, -0.05) is 47.6 Å². The van der Waals surface area contributed by atoms with Crippen molar-refractivity contribution in [3.05, 3.63) is 66.1 Å². The molecule has 23 heavy (non-hydrogen) atoms. The molecule has 1 heterocycles. The number of carbonyl (C=O) groups is 1. The molecule has 0 unspecified atom stereocenters. The molecule has 0 saturated carbocycles. The van der Waals surface area contributed by atoms with Crippen molar-refractivity contribution in [2.45, 2.75) is 6.42 Å². The van der Waals surface area contributed by atoms with E-state index in [4.69, 9.17) is 14.4 Å². The molecule has 3 rings (SSSR count). The number of carboxylic acids is 1. The van der Waals surface area contributed by atoms with Gasteiger partial charge in [-0.15, -0.1) is 0 Å². The highest BCUT2D eigenvalue weighted by Crippen LogP contribution is 2.27. The van der Waals surface area contributed by atoms with Gasteiger partial charge in [0, 0.05) is 0 Å². The molecule has 0 bridgehead atoms. The Balaban J connectivity index is 1.81. The Kier molecular flexibility index (Phi) is 4.33. The summed E-state index contributed by atoms with van der Waals surface area (Å²) in [7, 11) is 0. The Labute approximate surface area is 132 Å². The van der Waals surface area contributed by atoms with Crippen LogP contribution in [0, 0.1) is 0 Å². The van der Waals surface area contributed by atoms with Crippen LogP contribution in [0.15, 0.2) is 59.1 Å². The van der Waals surface area contributed by atoms with E-state index in [-0.39, 0.29) is 0 Å². The molecule has 0 atom stereocenters. The molecule has 1 N–H and O–H groups in total. The number of aromatic nitrogens is 2. The van der Waals surface area contributed by atoms with E-state index in [0.717, 1.165) is 5.56 Å². The molecule has 0 aliphatic carbocycles. The first kappa shape index (κ1) is 14.8. The highest BCUT2D eigenvalue weighted by atomic mass is 16.5. The number of rotatable bonds is 6. The number of ether oxygens (including phenoxy) is 1. The maximum Gasteiger partial charge on any atom is 0.341 e. The molecule has 0 radical (unpaired) electrons. The SMILES string of the molecule is O=C(O)COc1ccccc1-c1noc(Cc2ccccc2)n1. The molecule has 1 aromatic heterocycles. The second kappa shape index (κ2) is 6.74. The number of nitrogens with zero attached hydrogens (tertiary/aromatic N) is 2. The first-order valence-electron chi connectivity index (χ1n) is 7.03. The van der Waals surface area contributed by atoms with Gasteiger partial charge in [0.15, 0.2) is 6.61 Å². The summed E-state index contributed by atoms with van der Waals surface area (Å²) in [5.74, 6) is 0.218. The van der Waals surface area contributed by atoms with E-state index in [2.05, 4.69) is 10.1 Å². The Morgan fingerprint density at radius 1 is 1.09 bits per heavy atom. The van der Waals surface area contributed by atoms with Crippen molar-refractivity contribution in [3.63, 3.8) is 0 Å². The lowest BCUT2D eigenvalue weighted by Crippen LogP contribution is -2.10. The van der Waals surface area contributed by atoms with Crippen LogP contribution in [0.3, 0.4) is 0 Å². The van der Waals surface area contributed by atoms with Crippen LogP contribution >= 0.6 is 0 Å². The molecule has 0 amide bonds. The third kappa shape index (κ3) is 3.74. The molecule has 0 spiro atoms. The highest BCUT2D eigenvalue weighted by molar-refractivity contribution is 5.70. The van der Waals surface area contributed by atoms with Crippen molar-refractivity contribution >= 4 is 5.97 Å². The van der Waals surface area contributed by atoms with Gasteiger partial charge >= 0.3 is 5.97 Å². The van der Waals surface area contributed by atoms with Gasteiger partial charge in [0.2, 0.25) is 11.7 Å². The van der Waals surface area contributed by atoms with Crippen LogP contribution in [-0.2, 0) is 11.2 Å². The molecule has 0 aliphatic rings. The zero-order chi connectivity index (χ0) is 16.1. The molecule has 6 nitrogen and oxygen atoms in total. The van der Waals surface area contributed by atoms with Gasteiger partial charge in [-0.25, -0.2) is 4.79 Å². The number of hydrogen-bond donors (Lipinski definition) is 1. The van der Waals surface area contributed by atoms with E-state index in [0.29, 0.717) is 29.4 Å². The van der Waals surface area contributed by atoms with E-state index in [1.807, 2.05) is 30.3 Å². The van der Waals surface area contributed by atoms with Gasteiger partial charge in [0.1, 0.15) is 5.75 Å². The minimum absolute atomic E-state index is 0.372. The maximum atomic E-state index is 10.7. The Bertz CT molecular complexity index is 799. The fraction of sp³-hybridized carbons (Fsp3) is 0.118. The van der Waals surface area contributed by atoms with Gasteiger partial charge in [0.25, 0.3) is 0 Å².